The second-order valence-corrected chi connectivity index (χ2v) is 5.55. The van der Waals surface area contributed by atoms with E-state index in [-0.39, 0.29) is 0 Å². The average molecular weight is 293 g/mol. The Morgan fingerprint density at radius 2 is 2.20 bits per heavy atom. The van der Waals surface area contributed by atoms with Crippen molar-refractivity contribution in [3.05, 3.63) is 35.1 Å². The van der Waals surface area contributed by atoms with E-state index in [9.17, 15) is 0 Å². The van der Waals surface area contributed by atoms with Gasteiger partial charge in [-0.15, -0.1) is 0 Å². The van der Waals surface area contributed by atoms with Crippen molar-refractivity contribution in [1.82, 2.24) is 20.4 Å². The summed E-state index contributed by atoms with van der Waals surface area (Å²) in [6.45, 7) is 5.92. The Bertz CT molecular complexity index is 569. The molecule has 2 aromatic rings. The molecule has 0 aliphatic carbocycles. The van der Waals surface area contributed by atoms with Gasteiger partial charge in [-0.25, -0.2) is 0 Å². The van der Waals surface area contributed by atoms with E-state index in [0.29, 0.717) is 17.0 Å². The molecule has 20 heavy (non-hydrogen) atoms. The topological polar surface area (TPSA) is 54.2 Å². The molecule has 1 aromatic carbocycles. The maximum atomic E-state index is 5.87. The van der Waals surface area contributed by atoms with Crippen LogP contribution in [0.3, 0.4) is 0 Å². The zero-order chi connectivity index (χ0) is 13.9. The van der Waals surface area contributed by atoms with Gasteiger partial charge in [0.2, 0.25) is 0 Å². The summed E-state index contributed by atoms with van der Waals surface area (Å²) in [4.78, 5) is 6.78. The molecule has 0 spiro atoms. The summed E-state index contributed by atoms with van der Waals surface area (Å²) in [6, 6.07) is 7.91. The molecular formula is C14H17ClN4O. The molecule has 3 rings (SSSR count). The summed E-state index contributed by atoms with van der Waals surface area (Å²) in [6.07, 6.45) is 0. The minimum absolute atomic E-state index is 0.506. The Morgan fingerprint density at radius 3 is 2.95 bits per heavy atom. The summed E-state index contributed by atoms with van der Waals surface area (Å²) >= 11 is 5.87. The first-order valence-corrected chi connectivity index (χ1v) is 7.13. The highest BCUT2D eigenvalue weighted by Crippen LogP contribution is 2.20. The lowest BCUT2D eigenvalue weighted by atomic mass is 10.2. The number of benzene rings is 1. The van der Waals surface area contributed by atoms with Gasteiger partial charge in [-0.05, 0) is 31.2 Å². The molecule has 0 unspecified atom stereocenters. The Balaban J connectivity index is 1.69. The Kier molecular flexibility index (Phi) is 4.00. The summed E-state index contributed by atoms with van der Waals surface area (Å²) in [5, 5.41) is 8.17. The van der Waals surface area contributed by atoms with Gasteiger partial charge in [0.25, 0.3) is 5.89 Å². The van der Waals surface area contributed by atoms with Gasteiger partial charge in [0.15, 0.2) is 5.82 Å². The van der Waals surface area contributed by atoms with Crippen molar-refractivity contribution in [3.8, 4) is 11.5 Å². The van der Waals surface area contributed by atoms with Gasteiger partial charge in [0.05, 0.1) is 6.54 Å². The predicted octanol–water partition coefficient (Wildman–Crippen LogP) is 2.18. The molecule has 1 N–H and O–H groups in total. The van der Waals surface area contributed by atoms with Crippen molar-refractivity contribution in [3.63, 3.8) is 0 Å². The van der Waals surface area contributed by atoms with Crippen LogP contribution in [0, 0.1) is 0 Å². The Labute approximate surface area is 122 Å². The normalized spacial score (nSPS) is 20.2. The average Bonchev–Trinajstić information content (AvgIpc) is 2.88. The van der Waals surface area contributed by atoms with E-state index in [1.54, 1.807) is 0 Å². The molecule has 5 nitrogen and oxygen atoms in total. The van der Waals surface area contributed by atoms with Crippen LogP contribution in [0.4, 0.5) is 0 Å². The van der Waals surface area contributed by atoms with E-state index >= 15 is 0 Å². The van der Waals surface area contributed by atoms with Crippen LogP contribution in [0.2, 0.25) is 5.02 Å². The highest BCUT2D eigenvalue weighted by atomic mass is 35.5. The van der Waals surface area contributed by atoms with Gasteiger partial charge in [0, 0.05) is 36.3 Å². The quantitative estimate of drug-likeness (QED) is 0.940. The molecule has 1 aliphatic rings. The number of piperazine rings is 1. The number of nitrogens with one attached hydrogen (secondary N) is 1. The summed E-state index contributed by atoms with van der Waals surface area (Å²) in [5.41, 5.74) is 0.891. The van der Waals surface area contributed by atoms with Crippen molar-refractivity contribution >= 4 is 11.6 Å². The van der Waals surface area contributed by atoms with Crippen molar-refractivity contribution in [2.75, 3.05) is 19.6 Å². The Morgan fingerprint density at radius 1 is 1.40 bits per heavy atom. The van der Waals surface area contributed by atoms with Crippen LogP contribution in [0.25, 0.3) is 11.5 Å². The van der Waals surface area contributed by atoms with Crippen molar-refractivity contribution in [1.29, 1.82) is 0 Å². The number of aromatic nitrogens is 2. The fourth-order valence-electron chi connectivity index (χ4n) is 2.38. The lowest BCUT2D eigenvalue weighted by Gasteiger charge is -2.30. The monoisotopic (exact) mass is 292 g/mol. The smallest absolute Gasteiger partial charge is 0.257 e. The SMILES string of the molecule is C[C@@H]1CN(Cc2noc(-c3ccc(Cl)cc3)n2)CCN1. The second-order valence-electron chi connectivity index (χ2n) is 5.11. The molecule has 0 bridgehead atoms. The van der Waals surface area contributed by atoms with Crippen LogP contribution in [-0.2, 0) is 6.54 Å². The molecular weight excluding hydrogens is 276 g/mol. The first-order chi connectivity index (χ1) is 9.70. The largest absolute Gasteiger partial charge is 0.334 e. The number of halogens is 1. The van der Waals surface area contributed by atoms with E-state index in [1.165, 1.54) is 0 Å². The van der Waals surface area contributed by atoms with Crippen LogP contribution in [0.15, 0.2) is 28.8 Å². The minimum atomic E-state index is 0.506. The molecule has 0 radical (unpaired) electrons. The molecule has 0 saturated carbocycles. The summed E-state index contributed by atoms with van der Waals surface area (Å²) in [7, 11) is 0. The molecule has 1 fully saturated rings. The molecule has 0 amide bonds. The Hall–Kier alpha value is -1.43. The van der Waals surface area contributed by atoms with Gasteiger partial charge in [0.1, 0.15) is 0 Å². The number of hydrogen-bond acceptors (Lipinski definition) is 5. The zero-order valence-electron chi connectivity index (χ0n) is 11.3. The van der Waals surface area contributed by atoms with Gasteiger partial charge < -0.3 is 9.84 Å². The summed E-state index contributed by atoms with van der Waals surface area (Å²) < 4.78 is 5.31. The number of hydrogen-bond donors (Lipinski definition) is 1. The number of nitrogens with zero attached hydrogens (tertiary/aromatic N) is 3. The van der Waals surface area contributed by atoms with Gasteiger partial charge in [-0.3, -0.25) is 4.90 Å². The maximum Gasteiger partial charge on any atom is 0.257 e. The molecule has 1 saturated heterocycles. The first-order valence-electron chi connectivity index (χ1n) is 6.75. The summed E-state index contributed by atoms with van der Waals surface area (Å²) in [5.74, 6) is 1.27. The zero-order valence-corrected chi connectivity index (χ0v) is 12.1. The van der Waals surface area contributed by atoms with Crippen LogP contribution < -0.4 is 5.32 Å². The van der Waals surface area contributed by atoms with Gasteiger partial charge >= 0.3 is 0 Å². The van der Waals surface area contributed by atoms with Crippen LogP contribution in [0.5, 0.6) is 0 Å². The number of rotatable bonds is 3. The maximum absolute atomic E-state index is 5.87. The standard InChI is InChI=1S/C14H17ClN4O/c1-10-8-19(7-6-16-10)9-13-17-14(20-18-13)11-2-4-12(15)5-3-11/h2-5,10,16H,6-9H2,1H3/t10-/m1/s1. The van der Waals surface area contributed by atoms with Crippen molar-refractivity contribution in [2.45, 2.75) is 19.5 Å². The fraction of sp³-hybridized carbons (Fsp3) is 0.429. The minimum Gasteiger partial charge on any atom is -0.334 e. The van der Waals surface area contributed by atoms with E-state index in [2.05, 4.69) is 27.3 Å². The van der Waals surface area contributed by atoms with Crippen LogP contribution in [-0.4, -0.2) is 40.7 Å². The van der Waals surface area contributed by atoms with Gasteiger partial charge in [-0.2, -0.15) is 4.98 Å². The van der Waals surface area contributed by atoms with Crippen LogP contribution in [0.1, 0.15) is 12.7 Å². The van der Waals surface area contributed by atoms with Crippen molar-refractivity contribution < 1.29 is 4.52 Å². The van der Waals surface area contributed by atoms with E-state index in [1.807, 2.05) is 24.3 Å². The third-order valence-corrected chi connectivity index (χ3v) is 3.63. The van der Waals surface area contributed by atoms with Crippen LogP contribution >= 0.6 is 11.6 Å². The van der Waals surface area contributed by atoms with Gasteiger partial charge in [-0.1, -0.05) is 16.8 Å². The molecule has 106 valence electrons. The molecule has 1 atom stereocenters. The van der Waals surface area contributed by atoms with E-state index in [4.69, 9.17) is 16.1 Å². The lowest BCUT2D eigenvalue weighted by molar-refractivity contribution is 0.193. The highest BCUT2D eigenvalue weighted by molar-refractivity contribution is 6.30. The van der Waals surface area contributed by atoms with E-state index in [0.717, 1.165) is 37.6 Å². The van der Waals surface area contributed by atoms with E-state index < -0.39 is 0 Å². The third kappa shape index (κ3) is 3.17. The fourth-order valence-corrected chi connectivity index (χ4v) is 2.51. The lowest BCUT2D eigenvalue weighted by Crippen LogP contribution is -2.48. The predicted molar refractivity (Wildman–Crippen MR) is 77.5 cm³/mol. The highest BCUT2D eigenvalue weighted by Gasteiger charge is 2.18. The van der Waals surface area contributed by atoms with Crippen molar-refractivity contribution in [2.24, 2.45) is 0 Å². The first kappa shape index (κ1) is 13.5. The molecule has 1 aliphatic heterocycles. The molecule has 1 aromatic heterocycles. The molecule has 2 heterocycles. The molecule has 6 heteroatoms. The second kappa shape index (κ2) is 5.91. The third-order valence-electron chi connectivity index (χ3n) is 3.38.